The molecule has 0 bridgehead atoms. The van der Waals surface area contributed by atoms with E-state index in [1.165, 1.54) is 0 Å². The molecule has 0 aliphatic rings. The van der Waals surface area contributed by atoms with Crippen LogP contribution in [0.5, 0.6) is 0 Å². The van der Waals surface area contributed by atoms with Gasteiger partial charge in [-0.3, -0.25) is 0 Å². The Kier molecular flexibility index (Phi) is 5.18. The van der Waals surface area contributed by atoms with E-state index in [9.17, 15) is 4.79 Å². The molecule has 0 saturated carbocycles. The molecule has 0 aliphatic heterocycles. The molecule has 0 aromatic rings. The maximum Gasteiger partial charge on any atom is 0.133 e. The standard InChI is InChI=1S/C6H11OS/c1-3-6(5-7)8-4-2/h3,5-6H,4H2,1-2H3. The molecule has 0 amide bonds. The van der Waals surface area contributed by atoms with Gasteiger partial charge in [0.2, 0.25) is 0 Å². The van der Waals surface area contributed by atoms with Crippen molar-refractivity contribution in [1.29, 1.82) is 0 Å². The molecular weight excluding hydrogens is 120 g/mol. The minimum atomic E-state index is 0.111. The lowest BCUT2D eigenvalue weighted by molar-refractivity contribution is -0.107. The van der Waals surface area contributed by atoms with Crippen LogP contribution >= 0.6 is 11.8 Å². The summed E-state index contributed by atoms with van der Waals surface area (Å²) < 4.78 is 0. The monoisotopic (exact) mass is 131 g/mol. The van der Waals surface area contributed by atoms with Crippen LogP contribution in [0.25, 0.3) is 0 Å². The van der Waals surface area contributed by atoms with E-state index in [0.29, 0.717) is 0 Å². The number of aldehydes is 1. The van der Waals surface area contributed by atoms with Crippen molar-refractivity contribution in [3.8, 4) is 0 Å². The molecule has 0 N–H and O–H groups in total. The lowest BCUT2D eigenvalue weighted by Gasteiger charge is -2.00. The van der Waals surface area contributed by atoms with Gasteiger partial charge in [0.15, 0.2) is 0 Å². The highest BCUT2D eigenvalue weighted by Gasteiger charge is 2.00. The van der Waals surface area contributed by atoms with E-state index in [1.807, 2.05) is 20.3 Å². The van der Waals surface area contributed by atoms with Crippen molar-refractivity contribution < 1.29 is 4.79 Å². The lowest BCUT2D eigenvalue weighted by Crippen LogP contribution is -2.02. The van der Waals surface area contributed by atoms with Gasteiger partial charge in [0.25, 0.3) is 0 Å². The second kappa shape index (κ2) is 5.16. The fourth-order valence-corrected chi connectivity index (χ4v) is 1.06. The second-order valence-corrected chi connectivity index (χ2v) is 2.84. The second-order valence-electron chi connectivity index (χ2n) is 1.39. The zero-order chi connectivity index (χ0) is 6.41. The summed E-state index contributed by atoms with van der Waals surface area (Å²) in [5.74, 6) is 1.01. The topological polar surface area (TPSA) is 17.1 Å². The first-order chi connectivity index (χ1) is 3.85. The van der Waals surface area contributed by atoms with Gasteiger partial charge in [-0.15, -0.1) is 0 Å². The maximum absolute atomic E-state index is 10.1. The molecule has 0 heterocycles. The van der Waals surface area contributed by atoms with E-state index in [2.05, 4.69) is 0 Å². The van der Waals surface area contributed by atoms with E-state index in [0.717, 1.165) is 12.0 Å². The first-order valence-electron chi connectivity index (χ1n) is 2.71. The van der Waals surface area contributed by atoms with Crippen LogP contribution in [0.3, 0.4) is 0 Å². The number of carbonyl (C=O) groups is 1. The van der Waals surface area contributed by atoms with E-state index >= 15 is 0 Å². The molecule has 0 aromatic carbocycles. The van der Waals surface area contributed by atoms with Crippen LogP contribution in [0.15, 0.2) is 0 Å². The number of hydrogen-bond acceptors (Lipinski definition) is 2. The van der Waals surface area contributed by atoms with E-state index < -0.39 is 0 Å². The van der Waals surface area contributed by atoms with Crippen molar-refractivity contribution in [3.05, 3.63) is 6.42 Å². The average Bonchev–Trinajstić information content (AvgIpc) is 1.83. The van der Waals surface area contributed by atoms with Crippen molar-refractivity contribution in [2.45, 2.75) is 19.1 Å². The highest BCUT2D eigenvalue weighted by atomic mass is 32.2. The Hall–Kier alpha value is 0.0200. The lowest BCUT2D eigenvalue weighted by atomic mass is 10.4. The molecule has 0 saturated heterocycles. The quantitative estimate of drug-likeness (QED) is 0.538. The summed E-state index contributed by atoms with van der Waals surface area (Å²) in [6.45, 7) is 3.95. The highest BCUT2D eigenvalue weighted by molar-refractivity contribution is 8.00. The van der Waals surface area contributed by atoms with Crippen molar-refractivity contribution in [1.82, 2.24) is 0 Å². The van der Waals surface area contributed by atoms with Crippen LogP contribution in [-0.2, 0) is 4.79 Å². The highest BCUT2D eigenvalue weighted by Crippen LogP contribution is 2.09. The fourth-order valence-electron chi connectivity index (χ4n) is 0.407. The van der Waals surface area contributed by atoms with Crippen molar-refractivity contribution >= 4 is 18.0 Å². The van der Waals surface area contributed by atoms with Gasteiger partial charge in [0, 0.05) is 0 Å². The predicted octanol–water partition coefficient (Wildman–Crippen LogP) is 1.53. The van der Waals surface area contributed by atoms with Gasteiger partial charge in [0.1, 0.15) is 6.29 Å². The summed E-state index contributed by atoms with van der Waals surface area (Å²) in [6, 6.07) is 0. The summed E-state index contributed by atoms with van der Waals surface area (Å²) in [5, 5.41) is 0.111. The minimum absolute atomic E-state index is 0.111. The third kappa shape index (κ3) is 3.08. The van der Waals surface area contributed by atoms with Crippen molar-refractivity contribution in [2.24, 2.45) is 0 Å². The molecular formula is C6H11OS. The number of thioether (sulfide) groups is 1. The molecule has 8 heavy (non-hydrogen) atoms. The normalized spacial score (nSPS) is 13.2. The molecule has 1 atom stereocenters. The summed E-state index contributed by atoms with van der Waals surface area (Å²) in [4.78, 5) is 10.1. The largest absolute Gasteiger partial charge is 0.302 e. The third-order valence-electron chi connectivity index (χ3n) is 0.822. The smallest absolute Gasteiger partial charge is 0.133 e. The zero-order valence-corrected chi connectivity index (χ0v) is 6.07. The van der Waals surface area contributed by atoms with Crippen molar-refractivity contribution in [2.75, 3.05) is 5.75 Å². The van der Waals surface area contributed by atoms with Crippen molar-refractivity contribution in [3.63, 3.8) is 0 Å². The molecule has 0 rings (SSSR count). The molecule has 0 spiro atoms. The van der Waals surface area contributed by atoms with Gasteiger partial charge in [-0.1, -0.05) is 13.8 Å². The van der Waals surface area contributed by atoms with Crippen LogP contribution in [-0.4, -0.2) is 17.3 Å². The SMILES string of the molecule is C[CH]C(C=O)SCC. The van der Waals surface area contributed by atoms with Crippen LogP contribution in [0.4, 0.5) is 0 Å². The summed E-state index contributed by atoms with van der Waals surface area (Å²) >= 11 is 1.65. The zero-order valence-electron chi connectivity index (χ0n) is 5.26. The van der Waals surface area contributed by atoms with Gasteiger partial charge in [-0.2, -0.15) is 11.8 Å². The molecule has 0 aromatic heterocycles. The molecule has 0 aliphatic carbocycles. The van der Waals surface area contributed by atoms with E-state index in [1.54, 1.807) is 11.8 Å². The predicted molar refractivity (Wildman–Crippen MR) is 38.0 cm³/mol. The van der Waals surface area contributed by atoms with Crippen LogP contribution in [0.2, 0.25) is 0 Å². The Balaban J connectivity index is 3.21. The van der Waals surface area contributed by atoms with E-state index in [4.69, 9.17) is 0 Å². The molecule has 47 valence electrons. The van der Waals surface area contributed by atoms with E-state index in [-0.39, 0.29) is 5.25 Å². The number of carbonyl (C=O) groups excluding carboxylic acids is 1. The maximum atomic E-state index is 10.1. The fraction of sp³-hybridized carbons (Fsp3) is 0.667. The van der Waals surface area contributed by atoms with Crippen LogP contribution in [0, 0.1) is 6.42 Å². The summed E-state index contributed by atoms with van der Waals surface area (Å²) in [6.07, 6.45) is 2.87. The average molecular weight is 131 g/mol. The van der Waals surface area contributed by atoms with Gasteiger partial charge in [-0.05, 0) is 12.2 Å². The first kappa shape index (κ1) is 8.02. The molecule has 1 nitrogen and oxygen atoms in total. The van der Waals surface area contributed by atoms with Gasteiger partial charge in [-0.25, -0.2) is 0 Å². The Morgan fingerprint density at radius 3 is 2.50 bits per heavy atom. The molecule has 1 unspecified atom stereocenters. The molecule has 2 heteroatoms. The molecule has 1 radical (unpaired) electrons. The van der Waals surface area contributed by atoms with Gasteiger partial charge < -0.3 is 4.79 Å². The van der Waals surface area contributed by atoms with Gasteiger partial charge in [0.05, 0.1) is 5.25 Å². The van der Waals surface area contributed by atoms with Crippen LogP contribution in [0.1, 0.15) is 13.8 Å². The summed E-state index contributed by atoms with van der Waals surface area (Å²) in [5.41, 5.74) is 0. The van der Waals surface area contributed by atoms with Crippen LogP contribution < -0.4 is 0 Å². The minimum Gasteiger partial charge on any atom is -0.302 e. The third-order valence-corrected chi connectivity index (χ3v) is 1.92. The Morgan fingerprint density at radius 2 is 2.38 bits per heavy atom. The Morgan fingerprint density at radius 1 is 1.75 bits per heavy atom. The first-order valence-corrected chi connectivity index (χ1v) is 3.76. The number of rotatable bonds is 4. The van der Waals surface area contributed by atoms with Gasteiger partial charge >= 0.3 is 0 Å². The number of hydrogen-bond donors (Lipinski definition) is 0. The molecule has 0 fully saturated rings. The summed E-state index contributed by atoms with van der Waals surface area (Å²) in [7, 11) is 0. The Bertz CT molecular complexity index is 63.5. The Labute approximate surface area is 54.8 Å².